The molecule has 8 heteroatoms. The van der Waals surface area contributed by atoms with Crippen LogP contribution in [0.25, 0.3) is 0 Å². The minimum Gasteiger partial charge on any atom is -0.481 e. The number of carboxylic acids is 1. The van der Waals surface area contributed by atoms with E-state index in [1.165, 1.54) is 17.1 Å². The molecule has 0 unspecified atom stereocenters. The van der Waals surface area contributed by atoms with Gasteiger partial charge in [0.05, 0.1) is 11.7 Å². The Balaban J connectivity index is 2.13. The highest BCUT2D eigenvalue weighted by Gasteiger charge is 2.39. The standard InChI is InChI=1S/C13H21N3O4S/c1-16-8-11(14-10-16)21(19,20)15-9-13(12(17)18)6-4-2-3-5-7-13/h8,10,15H,2-7,9H2,1H3,(H,17,18). The van der Waals surface area contributed by atoms with Gasteiger partial charge < -0.3 is 9.67 Å². The normalized spacial score (nSPS) is 19.1. The highest BCUT2D eigenvalue weighted by molar-refractivity contribution is 7.89. The fourth-order valence-corrected chi connectivity index (χ4v) is 3.81. The van der Waals surface area contributed by atoms with Gasteiger partial charge in [0, 0.05) is 19.8 Å². The van der Waals surface area contributed by atoms with Crippen molar-refractivity contribution in [2.45, 2.75) is 43.6 Å². The van der Waals surface area contributed by atoms with Gasteiger partial charge in [-0.2, -0.15) is 0 Å². The quantitative estimate of drug-likeness (QED) is 0.793. The predicted octanol–water partition coefficient (Wildman–Crippen LogP) is 1.12. The largest absolute Gasteiger partial charge is 0.481 e. The Bertz CT molecular complexity index is 601. The second kappa shape index (κ2) is 6.15. The van der Waals surface area contributed by atoms with Crippen molar-refractivity contribution in [2.75, 3.05) is 6.54 Å². The van der Waals surface area contributed by atoms with Crippen molar-refractivity contribution in [3.05, 3.63) is 12.5 Å². The molecule has 0 radical (unpaired) electrons. The van der Waals surface area contributed by atoms with Gasteiger partial charge in [-0.05, 0) is 12.8 Å². The summed E-state index contributed by atoms with van der Waals surface area (Å²) in [6, 6.07) is 0. The second-order valence-electron chi connectivity index (χ2n) is 5.70. The van der Waals surface area contributed by atoms with Gasteiger partial charge in [0.2, 0.25) is 0 Å². The van der Waals surface area contributed by atoms with Crippen LogP contribution in [0.3, 0.4) is 0 Å². The van der Waals surface area contributed by atoms with E-state index in [1.54, 1.807) is 7.05 Å². The molecule has 0 saturated heterocycles. The first kappa shape index (κ1) is 16.0. The van der Waals surface area contributed by atoms with E-state index in [4.69, 9.17) is 0 Å². The van der Waals surface area contributed by atoms with E-state index in [-0.39, 0.29) is 11.6 Å². The third-order valence-corrected chi connectivity index (χ3v) is 5.36. The first-order valence-corrected chi connectivity index (χ1v) is 8.55. The Labute approximate surface area is 124 Å². The van der Waals surface area contributed by atoms with Crippen LogP contribution in [0, 0.1) is 5.41 Å². The molecule has 0 amide bonds. The number of sulfonamides is 1. The van der Waals surface area contributed by atoms with Crippen molar-refractivity contribution in [3.63, 3.8) is 0 Å². The predicted molar refractivity (Wildman–Crippen MR) is 76.2 cm³/mol. The van der Waals surface area contributed by atoms with Crippen LogP contribution in [0.2, 0.25) is 0 Å². The lowest BCUT2D eigenvalue weighted by molar-refractivity contribution is -0.149. The number of aromatic nitrogens is 2. The fourth-order valence-electron chi connectivity index (χ4n) is 2.71. The van der Waals surface area contributed by atoms with Crippen LogP contribution in [-0.2, 0) is 21.9 Å². The number of nitrogens with one attached hydrogen (secondary N) is 1. The molecule has 2 rings (SSSR count). The third kappa shape index (κ3) is 3.62. The molecule has 1 aliphatic carbocycles. The van der Waals surface area contributed by atoms with Gasteiger partial charge in [-0.25, -0.2) is 18.1 Å². The zero-order chi connectivity index (χ0) is 15.5. The van der Waals surface area contributed by atoms with E-state index in [1.807, 2.05) is 0 Å². The Kier molecular flexibility index (Phi) is 4.67. The molecule has 0 bridgehead atoms. The number of hydrogen-bond donors (Lipinski definition) is 2. The Morgan fingerprint density at radius 2 is 2.00 bits per heavy atom. The molecule has 118 valence electrons. The number of nitrogens with zero attached hydrogens (tertiary/aromatic N) is 2. The van der Waals surface area contributed by atoms with Crippen LogP contribution in [0.15, 0.2) is 17.6 Å². The molecular formula is C13H21N3O4S. The molecule has 1 aromatic heterocycles. The smallest absolute Gasteiger partial charge is 0.310 e. The maximum atomic E-state index is 12.2. The highest BCUT2D eigenvalue weighted by atomic mass is 32.2. The van der Waals surface area contributed by atoms with E-state index in [0.717, 1.165) is 25.7 Å². The van der Waals surface area contributed by atoms with Gasteiger partial charge in [-0.3, -0.25) is 4.79 Å². The van der Waals surface area contributed by atoms with Gasteiger partial charge in [0.1, 0.15) is 0 Å². The molecule has 0 aromatic carbocycles. The average Bonchev–Trinajstić information content (AvgIpc) is 2.73. The summed E-state index contributed by atoms with van der Waals surface area (Å²) in [4.78, 5) is 15.4. The van der Waals surface area contributed by atoms with Crippen LogP contribution in [-0.4, -0.2) is 35.6 Å². The maximum Gasteiger partial charge on any atom is 0.310 e. The van der Waals surface area contributed by atoms with Gasteiger partial charge in [-0.1, -0.05) is 25.7 Å². The lowest BCUT2D eigenvalue weighted by Crippen LogP contribution is -2.42. The van der Waals surface area contributed by atoms with E-state index in [9.17, 15) is 18.3 Å². The number of hydrogen-bond acceptors (Lipinski definition) is 4. The number of imidazole rings is 1. The van der Waals surface area contributed by atoms with Crippen LogP contribution >= 0.6 is 0 Å². The number of rotatable bonds is 5. The fraction of sp³-hybridized carbons (Fsp3) is 0.692. The lowest BCUT2D eigenvalue weighted by Gasteiger charge is -2.27. The topological polar surface area (TPSA) is 101 Å². The van der Waals surface area contributed by atoms with Gasteiger partial charge in [0.25, 0.3) is 10.0 Å². The second-order valence-corrected chi connectivity index (χ2v) is 7.42. The molecule has 1 saturated carbocycles. The lowest BCUT2D eigenvalue weighted by atomic mass is 9.80. The van der Waals surface area contributed by atoms with Gasteiger partial charge >= 0.3 is 5.97 Å². The summed E-state index contributed by atoms with van der Waals surface area (Å²) in [5.41, 5.74) is -1.00. The minimum absolute atomic E-state index is 0.0821. The summed E-state index contributed by atoms with van der Waals surface area (Å²) in [6.07, 6.45) is 7.44. The minimum atomic E-state index is -3.77. The number of aryl methyl sites for hydroxylation is 1. The molecule has 21 heavy (non-hydrogen) atoms. The summed E-state index contributed by atoms with van der Waals surface area (Å²) in [6.45, 7) is -0.0821. The third-order valence-electron chi connectivity index (χ3n) is 4.07. The Morgan fingerprint density at radius 1 is 1.38 bits per heavy atom. The Morgan fingerprint density at radius 3 is 2.48 bits per heavy atom. The van der Waals surface area contributed by atoms with Crippen molar-refractivity contribution < 1.29 is 18.3 Å². The van der Waals surface area contributed by atoms with Gasteiger partial charge in [-0.15, -0.1) is 0 Å². The molecule has 1 aromatic rings. The summed E-state index contributed by atoms with van der Waals surface area (Å²) in [7, 11) is -2.09. The highest BCUT2D eigenvalue weighted by Crippen LogP contribution is 2.35. The SMILES string of the molecule is Cn1cnc(S(=O)(=O)NCC2(C(=O)O)CCCCCC2)c1. The summed E-state index contributed by atoms with van der Waals surface area (Å²) >= 11 is 0. The number of carbonyl (C=O) groups is 1. The molecular weight excluding hydrogens is 294 g/mol. The van der Waals surface area contributed by atoms with Crippen LogP contribution < -0.4 is 4.72 Å². The molecule has 7 nitrogen and oxygen atoms in total. The molecule has 0 atom stereocenters. The molecule has 0 aliphatic heterocycles. The van der Waals surface area contributed by atoms with Gasteiger partial charge in [0.15, 0.2) is 5.03 Å². The van der Waals surface area contributed by atoms with Crippen LogP contribution in [0.5, 0.6) is 0 Å². The first-order valence-electron chi connectivity index (χ1n) is 7.07. The molecule has 2 N–H and O–H groups in total. The van der Waals surface area contributed by atoms with Crippen LogP contribution in [0.4, 0.5) is 0 Å². The van der Waals surface area contributed by atoms with Crippen molar-refractivity contribution >= 4 is 16.0 Å². The number of carboxylic acid groups (broad SMARTS) is 1. The summed E-state index contributed by atoms with van der Waals surface area (Å²) in [5.74, 6) is -0.923. The molecule has 1 heterocycles. The first-order chi connectivity index (χ1) is 9.86. The van der Waals surface area contributed by atoms with Crippen molar-refractivity contribution in [1.29, 1.82) is 0 Å². The molecule has 1 fully saturated rings. The van der Waals surface area contributed by atoms with Crippen molar-refractivity contribution in [1.82, 2.24) is 14.3 Å². The van der Waals surface area contributed by atoms with E-state index < -0.39 is 21.4 Å². The monoisotopic (exact) mass is 315 g/mol. The van der Waals surface area contributed by atoms with Crippen LogP contribution in [0.1, 0.15) is 38.5 Å². The maximum absolute atomic E-state index is 12.2. The zero-order valence-corrected chi connectivity index (χ0v) is 12.9. The van der Waals surface area contributed by atoms with Crippen molar-refractivity contribution in [3.8, 4) is 0 Å². The van der Waals surface area contributed by atoms with E-state index >= 15 is 0 Å². The average molecular weight is 315 g/mol. The summed E-state index contributed by atoms with van der Waals surface area (Å²) in [5, 5.41) is 9.45. The Hall–Kier alpha value is -1.41. The summed E-state index contributed by atoms with van der Waals surface area (Å²) < 4.78 is 28.3. The number of aliphatic carboxylic acids is 1. The van der Waals surface area contributed by atoms with Crippen molar-refractivity contribution in [2.24, 2.45) is 12.5 Å². The molecule has 1 aliphatic rings. The van der Waals surface area contributed by atoms with E-state index in [2.05, 4.69) is 9.71 Å². The molecule has 0 spiro atoms. The zero-order valence-electron chi connectivity index (χ0n) is 12.1. The van der Waals surface area contributed by atoms with E-state index in [0.29, 0.717) is 12.8 Å².